The number of nitrogens with zero attached hydrogens (tertiary/aromatic N) is 3. The highest BCUT2D eigenvalue weighted by Gasteiger charge is 2.41. The third kappa shape index (κ3) is 27.7. The SMILES string of the molecule is CC(=O)OP(C)(=O)OP(C)(=O)OP(C)(=O)OC[C@H]1O[C@@H](n2cc(C)c(=O)[nH]c2=O)C[C@H]1O.CC(=O)OP(C)(=O)OP(C)(C)=O.CP(C)(=O)OP(C)(=O)O.Cc1cn([C@H]2C[C@@H](O)[C@@H](COP(=O)([O-])N3CCOCC3)O2)c(=O)[nH]c1=O. The number of carbonyl (C=O) groups is 2. The first-order valence-corrected chi connectivity index (χ1v) is 39.3. The molecule has 3 fully saturated rings. The highest BCUT2D eigenvalue weighted by atomic mass is 31.3. The first-order chi connectivity index (χ1) is 35.6. The number of hydrogen-bond acceptors (Lipinski definition) is 28. The molecule has 5 heterocycles. The van der Waals surface area contributed by atoms with Gasteiger partial charge in [-0.1, -0.05) is 0 Å². The predicted molar refractivity (Wildman–Crippen MR) is 280 cm³/mol. The molecule has 34 nitrogen and oxygen atoms in total. The Morgan fingerprint density at radius 2 is 0.975 bits per heavy atom. The van der Waals surface area contributed by atoms with E-state index >= 15 is 0 Å². The van der Waals surface area contributed by atoms with Gasteiger partial charge in [-0.25, -0.2) is 36.3 Å². The summed E-state index contributed by atoms with van der Waals surface area (Å²) in [5.74, 6) is -1.65. The summed E-state index contributed by atoms with van der Waals surface area (Å²) >= 11 is 0. The van der Waals surface area contributed by atoms with Gasteiger partial charge in [-0.05, 0) is 13.8 Å². The molecule has 0 aromatic carbocycles. The Morgan fingerprint density at radius 1 is 0.608 bits per heavy atom. The number of aliphatic hydroxyl groups excluding tert-OH is 2. The van der Waals surface area contributed by atoms with Crippen molar-refractivity contribution < 1.29 is 116 Å². The summed E-state index contributed by atoms with van der Waals surface area (Å²) in [6.07, 6.45) is -3.15. The van der Waals surface area contributed by atoms with E-state index in [1.54, 1.807) is 0 Å². The molecule has 456 valence electrons. The molecule has 0 amide bonds. The number of aromatic amines is 2. The minimum absolute atomic E-state index is 0.0227. The van der Waals surface area contributed by atoms with E-state index in [-0.39, 0.29) is 38.1 Å². The third-order valence-electron chi connectivity index (χ3n) is 9.40. The molecule has 6 unspecified atom stereocenters. The molecule has 0 radical (unpaired) electrons. The molecular formula is C37H68N5O29P8-. The molecule has 5 N–H and O–H groups in total. The standard InChI is InChI=1S/C15H25N2O12P3.C14H22N3O8P.C5H12O5P2.C3H10O4P2/c1-9-7-17(15(21)16-14(9)20)13-6-11(19)12(26-13)8-25-30(3,22)28-32(5,24)29-31(4,23)27-10(2)18;1-9-7-17(14(20)15-13(9)19)12-6-10(18)11(25-12)8-24-26(21,22)16-2-4-23-5-3-16;1-5(6)9-12(4,8)10-11(2,3)7;1-8(2,4)7-9(3,5)6/h7,11-13,19H,6,8H2,1-5H3,(H,16,20,21);7,10-12,18H,2-6,8H2,1H3,(H,21,22)(H,15,19,20);1-4H3;1-3H3,(H,5,6)/p-1/t11-,12-,13-,30?,31?,32?;10-,11-,12-;;/m11../s1. The second kappa shape index (κ2) is 29.4. The lowest BCUT2D eigenvalue weighted by Crippen LogP contribution is -2.39. The molecule has 3 aliphatic rings. The summed E-state index contributed by atoms with van der Waals surface area (Å²) in [5.41, 5.74) is -1.87. The van der Waals surface area contributed by atoms with E-state index in [0.29, 0.717) is 18.8 Å². The van der Waals surface area contributed by atoms with Crippen molar-refractivity contribution >= 4 is 72.4 Å². The summed E-state index contributed by atoms with van der Waals surface area (Å²) in [6, 6.07) is 0. The van der Waals surface area contributed by atoms with Gasteiger partial charge in [0.1, 0.15) is 24.7 Å². The van der Waals surface area contributed by atoms with Crippen LogP contribution in [-0.4, -0.2) is 175 Å². The van der Waals surface area contributed by atoms with Gasteiger partial charge in [0.15, 0.2) is 0 Å². The number of aryl methyl sites for hydroxylation is 2. The van der Waals surface area contributed by atoms with E-state index in [0.717, 1.165) is 51.7 Å². The van der Waals surface area contributed by atoms with Crippen molar-refractivity contribution in [3.8, 4) is 0 Å². The number of morpholine rings is 1. The molecule has 0 saturated carbocycles. The van der Waals surface area contributed by atoms with Gasteiger partial charge in [0.25, 0.3) is 11.1 Å². The fourth-order valence-corrected chi connectivity index (χ4v) is 20.2. The largest absolute Gasteiger partial charge is 0.766 e. The minimum atomic E-state index is -4.27. The molecule has 2 aromatic rings. The molecule has 42 heteroatoms. The zero-order chi connectivity index (χ0) is 61.1. The number of rotatable bonds is 19. The predicted octanol–water partition coefficient (Wildman–Crippen LogP) is 3.17. The molecule has 0 bridgehead atoms. The Balaban J connectivity index is 0.000000402. The van der Waals surface area contributed by atoms with E-state index in [1.165, 1.54) is 62.1 Å². The molecule has 12 atom stereocenters. The summed E-state index contributed by atoms with van der Waals surface area (Å²) in [4.78, 5) is 93.2. The third-order valence-corrected chi connectivity index (χ3v) is 23.1. The van der Waals surface area contributed by atoms with Crippen molar-refractivity contribution in [2.45, 2.75) is 77.4 Å². The van der Waals surface area contributed by atoms with Crippen LogP contribution in [0.4, 0.5) is 0 Å². The average molecular weight is 1290 g/mol. The molecule has 0 aliphatic carbocycles. The average Bonchev–Trinajstić information content (AvgIpc) is 3.79. The van der Waals surface area contributed by atoms with Crippen molar-refractivity contribution in [3.63, 3.8) is 0 Å². The van der Waals surface area contributed by atoms with Crippen LogP contribution in [0.2, 0.25) is 0 Å². The number of ether oxygens (including phenoxy) is 3. The van der Waals surface area contributed by atoms with E-state index < -0.39 is 138 Å². The van der Waals surface area contributed by atoms with Crippen LogP contribution < -0.4 is 27.4 Å². The number of nitrogens with one attached hydrogen (secondary N) is 2. The van der Waals surface area contributed by atoms with Gasteiger partial charge in [-0.15, -0.1) is 0 Å². The maximum atomic E-state index is 12.6. The highest BCUT2D eigenvalue weighted by Crippen LogP contribution is 2.68. The molecule has 2 aromatic heterocycles. The van der Waals surface area contributed by atoms with Crippen molar-refractivity contribution in [3.05, 3.63) is 65.2 Å². The fraction of sp³-hybridized carbons (Fsp3) is 0.730. The van der Waals surface area contributed by atoms with Gasteiger partial charge < -0.3 is 52.3 Å². The Hall–Kier alpha value is -2.42. The summed E-state index contributed by atoms with van der Waals surface area (Å²) in [7, 11) is -29.4. The molecule has 3 aliphatic heterocycles. The molecule has 3 saturated heterocycles. The lowest BCUT2D eigenvalue weighted by Gasteiger charge is -2.37. The minimum Gasteiger partial charge on any atom is -0.766 e. The van der Waals surface area contributed by atoms with Crippen molar-refractivity contribution in [1.82, 2.24) is 23.8 Å². The van der Waals surface area contributed by atoms with Crippen LogP contribution in [0.5, 0.6) is 0 Å². The smallest absolute Gasteiger partial charge is 0.385 e. The summed E-state index contributed by atoms with van der Waals surface area (Å²) in [5, 5.41) is 20.3. The van der Waals surface area contributed by atoms with E-state index in [4.69, 9.17) is 36.8 Å². The second-order valence-corrected chi connectivity index (χ2v) is 36.1. The van der Waals surface area contributed by atoms with Crippen molar-refractivity contribution in [2.24, 2.45) is 0 Å². The molecular weight excluding hydrogens is 1230 g/mol. The molecule has 0 spiro atoms. The first-order valence-electron chi connectivity index (χ1n) is 22.8. The lowest BCUT2D eigenvalue weighted by molar-refractivity contribution is -0.218. The monoisotopic (exact) mass is 1290 g/mol. The van der Waals surface area contributed by atoms with Crippen molar-refractivity contribution in [1.29, 1.82) is 0 Å². The van der Waals surface area contributed by atoms with Crippen LogP contribution in [0, 0.1) is 13.8 Å². The van der Waals surface area contributed by atoms with Crippen LogP contribution in [-0.2, 0) is 95.7 Å². The van der Waals surface area contributed by atoms with Crippen LogP contribution in [0.15, 0.2) is 31.6 Å². The Labute approximate surface area is 452 Å². The number of hydrogen-bond donors (Lipinski definition) is 5. The van der Waals surface area contributed by atoms with E-state index in [1.807, 2.05) is 0 Å². The Kier molecular flexibility index (Phi) is 27.0. The topological polar surface area (TPSA) is 469 Å². The number of H-pyrrole nitrogens is 2. The zero-order valence-corrected chi connectivity index (χ0v) is 52.3. The van der Waals surface area contributed by atoms with Gasteiger partial charge in [-0.3, -0.25) is 70.0 Å². The van der Waals surface area contributed by atoms with Gasteiger partial charge in [0.2, 0.25) is 22.5 Å². The molecule has 79 heavy (non-hydrogen) atoms. The van der Waals surface area contributed by atoms with Crippen LogP contribution in [0.25, 0.3) is 0 Å². The normalized spacial score (nSPS) is 25.2. The van der Waals surface area contributed by atoms with Crippen LogP contribution in [0.3, 0.4) is 0 Å². The fourth-order valence-electron chi connectivity index (χ4n) is 6.73. The van der Waals surface area contributed by atoms with Crippen LogP contribution in [0.1, 0.15) is 50.3 Å². The van der Waals surface area contributed by atoms with Gasteiger partial charge in [0, 0.05) is 110 Å². The quantitative estimate of drug-likeness (QED) is 0.126. The van der Waals surface area contributed by atoms with Crippen molar-refractivity contribution in [2.75, 3.05) is 99.5 Å². The lowest BCUT2D eigenvalue weighted by atomic mass is 10.2. The van der Waals surface area contributed by atoms with Gasteiger partial charge >= 0.3 is 61.3 Å². The number of carbonyl (C=O) groups excluding carboxylic acids is 2. The maximum Gasteiger partial charge on any atom is 0.385 e. The highest BCUT2D eigenvalue weighted by molar-refractivity contribution is 7.72. The second-order valence-electron chi connectivity index (χ2n) is 18.3. The Morgan fingerprint density at radius 3 is 1.33 bits per heavy atom. The first kappa shape index (κ1) is 72.7. The number of aliphatic hydroxyl groups is 2. The van der Waals surface area contributed by atoms with Crippen LogP contribution >= 0.6 is 60.5 Å². The molecule has 5 rings (SSSR count). The van der Waals surface area contributed by atoms with E-state index in [2.05, 4.69) is 27.6 Å². The van der Waals surface area contributed by atoms with E-state index in [9.17, 15) is 80.4 Å². The zero-order valence-electron chi connectivity index (χ0n) is 45.2. The van der Waals surface area contributed by atoms with Gasteiger partial charge in [0.05, 0.1) is 52.0 Å². The summed E-state index contributed by atoms with van der Waals surface area (Å²) < 4.78 is 150. The summed E-state index contributed by atoms with van der Waals surface area (Å²) in [6.45, 7) is 15.3. The van der Waals surface area contributed by atoms with Gasteiger partial charge in [-0.2, -0.15) is 0 Å². The number of aromatic nitrogens is 4. The Bertz CT molecular complexity index is 3080. The maximum absolute atomic E-state index is 12.6.